The number of nitrogens with zero attached hydrogens (tertiary/aromatic N) is 4. The van der Waals surface area contributed by atoms with Crippen LogP contribution in [0, 0.1) is 11.7 Å². The Labute approximate surface area is 205 Å². The van der Waals surface area contributed by atoms with Crippen LogP contribution in [0.15, 0.2) is 48.2 Å². The molecule has 1 amide bonds. The first-order chi connectivity index (χ1) is 16.3. The number of carbonyl (C=O) groups is 1. The average molecular weight is 501 g/mol. The molecule has 5 rings (SSSR count). The van der Waals surface area contributed by atoms with Gasteiger partial charge in [-0.1, -0.05) is 18.2 Å². The number of rotatable bonds is 5. The highest BCUT2D eigenvalue weighted by molar-refractivity contribution is 7.99. The van der Waals surface area contributed by atoms with Crippen molar-refractivity contribution in [1.82, 2.24) is 25.6 Å². The summed E-state index contributed by atoms with van der Waals surface area (Å²) in [7, 11) is 0. The van der Waals surface area contributed by atoms with Crippen LogP contribution < -0.4 is 15.5 Å². The summed E-state index contributed by atoms with van der Waals surface area (Å²) in [4.78, 5) is 28.7. The molecule has 0 saturated carbocycles. The van der Waals surface area contributed by atoms with Gasteiger partial charge in [0.15, 0.2) is 5.82 Å². The summed E-state index contributed by atoms with van der Waals surface area (Å²) in [6, 6.07) is 9.12. The first-order valence-corrected chi connectivity index (χ1v) is 12.8. The monoisotopic (exact) mass is 500 g/mol. The molecule has 4 heterocycles. The number of aromatic nitrogens is 3. The number of halogens is 1. The number of nitrogens with one attached hydrogen (secondary N) is 2. The van der Waals surface area contributed by atoms with E-state index in [0.717, 1.165) is 16.8 Å². The maximum Gasteiger partial charge on any atom is 0.253 e. The highest BCUT2D eigenvalue weighted by Gasteiger charge is 2.53. The molecular weight excluding hydrogens is 475 g/mol. The summed E-state index contributed by atoms with van der Waals surface area (Å²) in [6.45, 7) is 4.18. The third-order valence-corrected chi connectivity index (χ3v) is 8.31. The van der Waals surface area contributed by atoms with Gasteiger partial charge >= 0.3 is 0 Å². The Balaban J connectivity index is 1.42. The topological polar surface area (TPSA) is 103 Å². The van der Waals surface area contributed by atoms with Crippen molar-refractivity contribution in [2.24, 2.45) is 5.92 Å². The number of amides is 1. The van der Waals surface area contributed by atoms with Crippen LogP contribution in [0.5, 0.6) is 0 Å². The zero-order chi connectivity index (χ0) is 23.9. The number of carbonyl (C=O) groups excluding carboxylic acids is 1. The minimum Gasteiger partial charge on any atom is -0.384 e. The van der Waals surface area contributed by atoms with Gasteiger partial charge in [-0.25, -0.2) is 14.4 Å². The van der Waals surface area contributed by atoms with Crippen LogP contribution >= 0.6 is 23.1 Å². The van der Waals surface area contributed by atoms with Crippen molar-refractivity contribution < 1.29 is 14.3 Å². The molecule has 1 unspecified atom stereocenters. The van der Waals surface area contributed by atoms with Crippen LogP contribution in [0.25, 0.3) is 0 Å². The molecule has 2 fully saturated rings. The van der Waals surface area contributed by atoms with Gasteiger partial charge in [0.2, 0.25) is 5.95 Å². The first-order valence-electron chi connectivity index (χ1n) is 10.9. The second-order valence-corrected chi connectivity index (χ2v) is 11.1. The predicted molar refractivity (Wildman–Crippen MR) is 130 cm³/mol. The van der Waals surface area contributed by atoms with Crippen molar-refractivity contribution in [2.75, 3.05) is 23.7 Å². The Kier molecular flexibility index (Phi) is 6.05. The lowest BCUT2D eigenvalue weighted by molar-refractivity contribution is 0.0693. The molecular formula is C23H25FN6O2S2. The smallest absolute Gasteiger partial charge is 0.253 e. The normalized spacial score (nSPS) is 24.6. The molecule has 3 aromatic rings. The van der Waals surface area contributed by atoms with E-state index >= 15 is 0 Å². The lowest BCUT2D eigenvalue weighted by atomic mass is 9.87. The fourth-order valence-electron chi connectivity index (χ4n) is 4.51. The van der Waals surface area contributed by atoms with Gasteiger partial charge in [-0.15, -0.1) is 23.1 Å². The molecule has 2 aliphatic heterocycles. The molecule has 8 nitrogen and oxygen atoms in total. The summed E-state index contributed by atoms with van der Waals surface area (Å²) in [5.74, 6) is 0.564. The van der Waals surface area contributed by atoms with Crippen LogP contribution in [0.2, 0.25) is 0 Å². The molecule has 2 aliphatic rings. The van der Waals surface area contributed by atoms with E-state index in [1.54, 1.807) is 40.7 Å². The maximum absolute atomic E-state index is 14.3. The Morgan fingerprint density at radius 3 is 2.82 bits per heavy atom. The van der Waals surface area contributed by atoms with Gasteiger partial charge in [-0.3, -0.25) is 15.1 Å². The highest BCUT2D eigenvalue weighted by Crippen LogP contribution is 2.45. The number of thiazole rings is 1. The molecule has 2 aromatic heterocycles. The highest BCUT2D eigenvalue weighted by atomic mass is 32.2. The van der Waals surface area contributed by atoms with Crippen molar-refractivity contribution in [3.63, 3.8) is 0 Å². The molecule has 11 heteroatoms. The zero-order valence-electron chi connectivity index (χ0n) is 18.7. The van der Waals surface area contributed by atoms with E-state index in [1.807, 2.05) is 29.3 Å². The van der Waals surface area contributed by atoms with E-state index in [0.29, 0.717) is 24.6 Å². The zero-order valence-corrected chi connectivity index (χ0v) is 20.4. The van der Waals surface area contributed by atoms with Crippen molar-refractivity contribution in [3.8, 4) is 0 Å². The van der Waals surface area contributed by atoms with E-state index in [4.69, 9.17) is 0 Å². The second-order valence-electron chi connectivity index (χ2n) is 9.04. The van der Waals surface area contributed by atoms with Gasteiger partial charge in [0.05, 0.1) is 17.2 Å². The van der Waals surface area contributed by atoms with Crippen molar-refractivity contribution in [3.05, 3.63) is 70.2 Å². The van der Waals surface area contributed by atoms with E-state index in [-0.39, 0.29) is 23.0 Å². The Morgan fingerprint density at radius 2 is 2.12 bits per heavy atom. The molecule has 1 aromatic carbocycles. The maximum atomic E-state index is 14.3. The van der Waals surface area contributed by atoms with Crippen molar-refractivity contribution in [1.29, 1.82) is 0 Å². The Morgan fingerprint density at radius 1 is 1.32 bits per heavy atom. The molecule has 2 saturated heterocycles. The third kappa shape index (κ3) is 4.28. The standard InChI is InChI=1S/C23H25FN6O2S2/c1-22(2,32)18-16(24)8-26-20(27-18)30-10-15-11-33-21(28-19(31)14-6-4-3-5-7-14)29-23(15,12-30)17-9-25-13-34-17/h3-9,13,15,21,29,32H,10-12H2,1-2H3,(H,28,31)/t15-,21?,23-/m0/s1. The molecule has 3 atom stereocenters. The number of thioether (sulfide) groups is 1. The third-order valence-electron chi connectivity index (χ3n) is 6.19. The van der Waals surface area contributed by atoms with E-state index in [2.05, 4.69) is 25.6 Å². The van der Waals surface area contributed by atoms with Crippen molar-refractivity contribution >= 4 is 35.0 Å². The molecule has 0 radical (unpaired) electrons. The minimum atomic E-state index is -1.43. The Hall–Kier alpha value is -2.60. The van der Waals surface area contributed by atoms with Crippen LogP contribution in [-0.2, 0) is 11.1 Å². The molecule has 0 spiro atoms. The number of fused-ring (bicyclic) bond motifs is 1. The minimum absolute atomic E-state index is 0.0328. The fraction of sp³-hybridized carbons (Fsp3) is 0.391. The molecule has 3 N–H and O–H groups in total. The van der Waals surface area contributed by atoms with Gasteiger partial charge in [0.25, 0.3) is 5.91 Å². The molecule has 0 aliphatic carbocycles. The summed E-state index contributed by atoms with van der Waals surface area (Å²) >= 11 is 3.20. The average Bonchev–Trinajstić information content (AvgIpc) is 3.48. The van der Waals surface area contributed by atoms with E-state index < -0.39 is 17.0 Å². The summed E-state index contributed by atoms with van der Waals surface area (Å²) in [5, 5.41) is 17.1. The Bertz CT molecular complexity index is 1170. The largest absolute Gasteiger partial charge is 0.384 e. The van der Waals surface area contributed by atoms with E-state index in [1.165, 1.54) is 13.8 Å². The van der Waals surface area contributed by atoms with Gasteiger partial charge in [0.1, 0.15) is 16.8 Å². The van der Waals surface area contributed by atoms with Gasteiger partial charge in [-0.2, -0.15) is 0 Å². The second kappa shape index (κ2) is 8.88. The number of anilines is 1. The van der Waals surface area contributed by atoms with Gasteiger partial charge in [-0.05, 0) is 26.0 Å². The van der Waals surface area contributed by atoms with Crippen LogP contribution in [-0.4, -0.2) is 50.3 Å². The summed E-state index contributed by atoms with van der Waals surface area (Å²) in [5.41, 5.74) is 0.163. The lowest BCUT2D eigenvalue weighted by Crippen LogP contribution is -2.60. The number of hydrogen-bond donors (Lipinski definition) is 3. The van der Waals surface area contributed by atoms with Crippen LogP contribution in [0.1, 0.15) is 34.8 Å². The molecule has 0 bridgehead atoms. The SMILES string of the molecule is CC(C)(O)c1nc(N2C[C@H]3CSC(NC(=O)c4ccccc4)N[C@@]3(c3cncs3)C2)ncc1F. The number of hydrogen-bond acceptors (Lipinski definition) is 9. The quantitative estimate of drug-likeness (QED) is 0.491. The van der Waals surface area contributed by atoms with Crippen LogP contribution in [0.3, 0.4) is 0 Å². The van der Waals surface area contributed by atoms with Crippen molar-refractivity contribution in [2.45, 2.75) is 30.5 Å². The first kappa shape index (κ1) is 23.2. The summed E-state index contributed by atoms with van der Waals surface area (Å²) < 4.78 is 14.3. The van der Waals surface area contributed by atoms with E-state index in [9.17, 15) is 14.3 Å². The molecule has 34 heavy (non-hydrogen) atoms. The fourth-order valence-corrected chi connectivity index (χ4v) is 6.67. The van der Waals surface area contributed by atoms with Gasteiger partial charge in [0, 0.05) is 41.4 Å². The molecule has 178 valence electrons. The predicted octanol–water partition coefficient (Wildman–Crippen LogP) is 2.68. The van der Waals surface area contributed by atoms with Gasteiger partial charge < -0.3 is 15.3 Å². The summed E-state index contributed by atoms with van der Waals surface area (Å²) in [6.07, 6.45) is 2.97. The number of benzene rings is 1. The van der Waals surface area contributed by atoms with Crippen LogP contribution in [0.4, 0.5) is 10.3 Å². The number of aliphatic hydroxyl groups is 1. The lowest BCUT2D eigenvalue weighted by Gasteiger charge is -2.42.